The minimum Gasteiger partial charge on any atom is -0.484 e. The lowest BCUT2D eigenvalue weighted by atomic mass is 10.1. The summed E-state index contributed by atoms with van der Waals surface area (Å²) in [4.78, 5) is 22.1. The van der Waals surface area contributed by atoms with Gasteiger partial charge in [-0.25, -0.2) is 4.99 Å². The number of benzene rings is 2. The largest absolute Gasteiger partial charge is 0.484 e. The van der Waals surface area contributed by atoms with E-state index in [0.717, 1.165) is 11.4 Å². The molecule has 6 N–H and O–H groups in total. The minimum absolute atomic E-state index is 0.0894. The standard InChI is InChI=1S/C19H22N6O2.C2H6O3S/c1-19(2)24-17(20)23-18(21)25(19)14-8-10-15(11-9-14)27-12-16(26)22-13-6-4-3-5-7-13;1-2-6(3,4)5/h3-11H,12H2,1-2H3,(H,22,26)(H4,20,21,23,24);2H2,1H3,(H,3,4,5). The molecule has 0 saturated carbocycles. The van der Waals surface area contributed by atoms with E-state index < -0.39 is 15.8 Å². The number of rotatable bonds is 6. The summed E-state index contributed by atoms with van der Waals surface area (Å²) in [5.74, 6) is 0.549. The van der Waals surface area contributed by atoms with Crippen LogP contribution in [-0.4, -0.2) is 48.8 Å². The van der Waals surface area contributed by atoms with Gasteiger partial charge in [0.15, 0.2) is 6.61 Å². The van der Waals surface area contributed by atoms with Gasteiger partial charge in [0.2, 0.25) is 11.9 Å². The van der Waals surface area contributed by atoms with Crippen molar-refractivity contribution >= 4 is 39.3 Å². The minimum atomic E-state index is -3.66. The smallest absolute Gasteiger partial charge is 0.264 e. The molecule has 178 valence electrons. The van der Waals surface area contributed by atoms with Gasteiger partial charge in [-0.2, -0.15) is 13.4 Å². The topological polar surface area (TPSA) is 173 Å². The van der Waals surface area contributed by atoms with Gasteiger partial charge in [-0.3, -0.25) is 14.2 Å². The first kappa shape index (κ1) is 25.6. The number of hydrogen-bond acceptors (Lipinski definition) is 9. The Kier molecular flexibility index (Phi) is 8.38. The second-order valence-corrected chi connectivity index (χ2v) is 9.08. The number of para-hydroxylation sites is 1. The predicted octanol–water partition coefficient (Wildman–Crippen LogP) is 1.78. The highest BCUT2D eigenvalue weighted by molar-refractivity contribution is 7.85. The third-order valence-corrected chi connectivity index (χ3v) is 5.01. The number of hydrogen-bond donors (Lipinski definition) is 4. The van der Waals surface area contributed by atoms with Crippen LogP contribution in [0.1, 0.15) is 20.8 Å². The van der Waals surface area contributed by atoms with E-state index in [1.54, 1.807) is 17.0 Å². The Morgan fingerprint density at radius 2 is 1.70 bits per heavy atom. The number of carbonyl (C=O) groups is 1. The van der Waals surface area contributed by atoms with E-state index in [1.807, 2.05) is 56.3 Å². The zero-order chi connectivity index (χ0) is 24.6. The number of guanidine groups is 2. The lowest BCUT2D eigenvalue weighted by Crippen LogP contribution is -2.54. The molecule has 0 aliphatic carbocycles. The predicted molar refractivity (Wildman–Crippen MR) is 129 cm³/mol. The number of ether oxygens (including phenoxy) is 1. The fraction of sp³-hybridized carbons (Fsp3) is 0.286. The van der Waals surface area contributed by atoms with E-state index in [4.69, 9.17) is 20.8 Å². The molecular weight excluding hydrogens is 448 g/mol. The van der Waals surface area contributed by atoms with Crippen LogP contribution >= 0.6 is 0 Å². The quantitative estimate of drug-likeness (QED) is 0.457. The molecule has 2 aromatic rings. The SMILES string of the molecule is CC1(C)N=C(N)N=C(N)N1c1ccc(OCC(=O)Nc2ccccc2)cc1.CCS(=O)(=O)O. The molecule has 2 aromatic carbocycles. The van der Waals surface area contributed by atoms with Gasteiger partial charge >= 0.3 is 0 Å². The average Bonchev–Trinajstić information content (AvgIpc) is 2.72. The van der Waals surface area contributed by atoms with Gasteiger partial charge in [0, 0.05) is 11.4 Å². The highest BCUT2D eigenvalue weighted by Gasteiger charge is 2.32. The van der Waals surface area contributed by atoms with Crippen LogP contribution in [0.2, 0.25) is 0 Å². The molecule has 0 atom stereocenters. The van der Waals surface area contributed by atoms with Crippen LogP contribution in [0, 0.1) is 0 Å². The molecular formula is C21H28N6O5S. The molecule has 0 bridgehead atoms. The molecule has 33 heavy (non-hydrogen) atoms. The Morgan fingerprint density at radius 1 is 1.12 bits per heavy atom. The van der Waals surface area contributed by atoms with Crippen molar-refractivity contribution in [2.24, 2.45) is 21.5 Å². The molecule has 0 aromatic heterocycles. The summed E-state index contributed by atoms with van der Waals surface area (Å²) < 4.78 is 32.4. The maximum absolute atomic E-state index is 12.0. The van der Waals surface area contributed by atoms with Crippen molar-refractivity contribution < 1.29 is 22.5 Å². The first-order chi connectivity index (χ1) is 15.4. The number of nitrogens with zero attached hydrogens (tertiary/aromatic N) is 3. The average molecular weight is 477 g/mol. The van der Waals surface area contributed by atoms with Crippen molar-refractivity contribution in [1.82, 2.24) is 0 Å². The number of nitrogens with one attached hydrogen (secondary N) is 1. The normalized spacial score (nSPS) is 14.8. The lowest BCUT2D eigenvalue weighted by molar-refractivity contribution is -0.118. The Bertz CT molecular complexity index is 1120. The number of anilines is 2. The number of aliphatic imine (C=N–C) groups is 2. The van der Waals surface area contributed by atoms with Crippen LogP contribution in [0.25, 0.3) is 0 Å². The van der Waals surface area contributed by atoms with Crippen molar-refractivity contribution in [2.45, 2.75) is 26.4 Å². The fourth-order valence-electron chi connectivity index (χ4n) is 2.81. The summed E-state index contributed by atoms with van der Waals surface area (Å²) in [5.41, 5.74) is 12.6. The van der Waals surface area contributed by atoms with Gasteiger partial charge in [-0.1, -0.05) is 18.2 Å². The highest BCUT2D eigenvalue weighted by Crippen LogP contribution is 2.28. The number of amides is 1. The van der Waals surface area contributed by atoms with Gasteiger partial charge in [-0.15, -0.1) is 0 Å². The molecule has 0 spiro atoms. The van der Waals surface area contributed by atoms with E-state index in [-0.39, 0.29) is 30.2 Å². The summed E-state index contributed by atoms with van der Waals surface area (Å²) in [5, 5.41) is 2.76. The zero-order valence-electron chi connectivity index (χ0n) is 18.6. The van der Waals surface area contributed by atoms with Gasteiger partial charge in [-0.05, 0) is 57.2 Å². The van der Waals surface area contributed by atoms with Crippen molar-refractivity contribution in [2.75, 3.05) is 22.6 Å². The third-order valence-electron chi connectivity index (χ3n) is 4.28. The summed E-state index contributed by atoms with van der Waals surface area (Å²) in [6.07, 6.45) is 0. The van der Waals surface area contributed by atoms with Crippen LogP contribution in [-0.2, 0) is 14.9 Å². The van der Waals surface area contributed by atoms with Crippen LogP contribution in [0.3, 0.4) is 0 Å². The number of nitrogens with two attached hydrogens (primary N) is 2. The molecule has 0 saturated heterocycles. The second-order valence-electron chi connectivity index (χ2n) is 7.34. The van der Waals surface area contributed by atoms with E-state index in [1.165, 1.54) is 6.92 Å². The van der Waals surface area contributed by atoms with Crippen LogP contribution < -0.4 is 26.4 Å². The van der Waals surface area contributed by atoms with Crippen LogP contribution in [0.15, 0.2) is 64.6 Å². The van der Waals surface area contributed by atoms with E-state index in [9.17, 15) is 13.2 Å². The first-order valence-corrected chi connectivity index (χ1v) is 11.5. The number of carbonyl (C=O) groups excluding carboxylic acids is 1. The second kappa shape index (κ2) is 10.8. The summed E-state index contributed by atoms with van der Waals surface area (Å²) in [6, 6.07) is 16.4. The summed E-state index contributed by atoms with van der Waals surface area (Å²) in [7, 11) is -3.66. The third kappa shape index (κ3) is 8.09. The van der Waals surface area contributed by atoms with Crippen molar-refractivity contribution in [1.29, 1.82) is 0 Å². The monoisotopic (exact) mass is 476 g/mol. The molecule has 11 nitrogen and oxygen atoms in total. The van der Waals surface area contributed by atoms with Gasteiger partial charge in [0.25, 0.3) is 16.0 Å². The van der Waals surface area contributed by atoms with Crippen molar-refractivity contribution in [3.05, 3.63) is 54.6 Å². The molecule has 1 heterocycles. The maximum Gasteiger partial charge on any atom is 0.264 e. The van der Waals surface area contributed by atoms with Crippen LogP contribution in [0.5, 0.6) is 5.75 Å². The van der Waals surface area contributed by atoms with Gasteiger partial charge in [0.1, 0.15) is 11.4 Å². The zero-order valence-corrected chi connectivity index (χ0v) is 19.4. The molecule has 0 fully saturated rings. The van der Waals surface area contributed by atoms with Gasteiger partial charge < -0.3 is 21.5 Å². The van der Waals surface area contributed by atoms with Crippen molar-refractivity contribution in [3.63, 3.8) is 0 Å². The van der Waals surface area contributed by atoms with Crippen molar-refractivity contribution in [3.8, 4) is 5.75 Å². The van der Waals surface area contributed by atoms with Gasteiger partial charge in [0.05, 0.1) is 5.75 Å². The molecule has 0 unspecified atom stereocenters. The Labute approximate surface area is 192 Å². The molecule has 3 rings (SSSR count). The molecule has 1 aliphatic rings. The first-order valence-electron chi connectivity index (χ1n) is 9.94. The molecule has 1 aliphatic heterocycles. The molecule has 0 radical (unpaired) electrons. The molecule has 1 amide bonds. The Balaban J connectivity index is 0.000000569. The van der Waals surface area contributed by atoms with E-state index in [0.29, 0.717) is 5.75 Å². The fourth-order valence-corrected chi connectivity index (χ4v) is 2.81. The van der Waals surface area contributed by atoms with E-state index in [2.05, 4.69) is 15.3 Å². The lowest BCUT2D eigenvalue weighted by Gasteiger charge is -2.38. The molecule has 12 heteroatoms. The summed E-state index contributed by atoms with van der Waals surface area (Å²) >= 11 is 0. The Morgan fingerprint density at radius 3 is 2.21 bits per heavy atom. The Hall–Kier alpha value is -3.64. The van der Waals surface area contributed by atoms with Crippen LogP contribution in [0.4, 0.5) is 11.4 Å². The summed E-state index contributed by atoms with van der Waals surface area (Å²) in [6.45, 7) is 5.06. The highest BCUT2D eigenvalue weighted by atomic mass is 32.2. The van der Waals surface area contributed by atoms with E-state index >= 15 is 0 Å². The maximum atomic E-state index is 12.0.